The maximum absolute atomic E-state index is 12.8. The Labute approximate surface area is 186 Å². The number of carbonyl (C=O) groups excluding carboxylic acids is 1. The fraction of sp³-hybridized carbons (Fsp3) is 0.500. The Morgan fingerprint density at radius 2 is 1.41 bits per heavy atom. The number of unbranched alkanes of at least 4 members (excludes halogenated alkanes) is 7. The van der Waals surface area contributed by atoms with Crippen molar-refractivity contribution >= 4 is 5.97 Å². The number of esters is 1. The first kappa shape index (κ1) is 25.2. The van der Waals surface area contributed by atoms with Crippen LogP contribution < -0.4 is 31.0 Å². The Bertz CT molecular complexity index is 676. The van der Waals surface area contributed by atoms with Crippen LogP contribution in [0.4, 0.5) is 0 Å². The van der Waals surface area contributed by atoms with Crippen molar-refractivity contribution in [2.75, 3.05) is 7.11 Å². The average molecular weight is 464 g/mol. The van der Waals surface area contributed by atoms with Gasteiger partial charge in [-0.1, -0.05) is 57.9 Å². The number of benzene rings is 1. The van der Waals surface area contributed by atoms with Gasteiger partial charge < -0.3 is 26.5 Å². The highest BCUT2D eigenvalue weighted by atomic mass is 79.9. The van der Waals surface area contributed by atoms with Gasteiger partial charge in [0.25, 0.3) is 6.04 Å². The summed E-state index contributed by atoms with van der Waals surface area (Å²) in [4.78, 5) is 12.8. The number of hydrogen-bond acceptors (Lipinski definition) is 3. The molecule has 0 amide bonds. The van der Waals surface area contributed by atoms with Crippen LogP contribution in [0.15, 0.2) is 54.9 Å². The minimum Gasteiger partial charge on any atom is -1.00 e. The average Bonchev–Trinajstić information content (AvgIpc) is 2.74. The zero-order chi connectivity index (χ0) is 20.0. The van der Waals surface area contributed by atoms with Crippen LogP contribution >= 0.6 is 0 Å². The van der Waals surface area contributed by atoms with E-state index in [4.69, 9.17) is 9.47 Å². The molecule has 0 spiro atoms. The van der Waals surface area contributed by atoms with E-state index in [9.17, 15) is 4.79 Å². The minimum atomic E-state index is -0.302. The van der Waals surface area contributed by atoms with E-state index in [1.54, 1.807) is 31.4 Å². The third-order valence-electron chi connectivity index (χ3n) is 4.98. The molecular weight excluding hydrogens is 430 g/mol. The molecule has 1 aromatic heterocycles. The van der Waals surface area contributed by atoms with E-state index in [0.29, 0.717) is 5.75 Å². The lowest BCUT2D eigenvalue weighted by molar-refractivity contribution is -0.711. The van der Waals surface area contributed by atoms with Gasteiger partial charge in [-0.3, -0.25) is 0 Å². The molecule has 1 aromatic carbocycles. The Kier molecular flexibility index (Phi) is 13.0. The van der Waals surface area contributed by atoms with Gasteiger partial charge in [0.05, 0.1) is 7.11 Å². The number of ether oxygens (including phenoxy) is 2. The number of methoxy groups -OCH3 is 1. The first-order valence-electron chi connectivity index (χ1n) is 10.6. The summed E-state index contributed by atoms with van der Waals surface area (Å²) in [5, 5.41) is 0. The van der Waals surface area contributed by atoms with Crippen molar-refractivity contribution in [3.63, 3.8) is 0 Å². The molecule has 2 rings (SSSR count). The van der Waals surface area contributed by atoms with E-state index in [2.05, 4.69) is 6.92 Å². The third kappa shape index (κ3) is 9.44. The van der Waals surface area contributed by atoms with Crippen molar-refractivity contribution < 1.29 is 35.8 Å². The standard InChI is InChI=1S/C24H34NO3.BrH/c1-3-4-5-6-7-8-9-11-14-23(25-19-12-10-13-20-25)24(26)28-22-17-15-21(27-2)16-18-22;/h10,12-13,15-20,23H,3-9,11,14H2,1-2H3;1H/q+1;/p-1. The van der Waals surface area contributed by atoms with Gasteiger partial charge in [0.2, 0.25) is 0 Å². The summed E-state index contributed by atoms with van der Waals surface area (Å²) >= 11 is 0. The lowest BCUT2D eigenvalue weighted by Crippen LogP contribution is -3.00. The molecule has 1 unspecified atom stereocenters. The smallest absolute Gasteiger partial charge is 0.381 e. The quantitative estimate of drug-likeness (QED) is 0.198. The van der Waals surface area contributed by atoms with Gasteiger partial charge in [0.1, 0.15) is 11.5 Å². The van der Waals surface area contributed by atoms with Crippen molar-refractivity contribution in [1.29, 1.82) is 0 Å². The van der Waals surface area contributed by atoms with E-state index in [1.165, 1.54) is 38.5 Å². The summed E-state index contributed by atoms with van der Waals surface area (Å²) in [5.41, 5.74) is 0. The Morgan fingerprint density at radius 3 is 2.00 bits per heavy atom. The van der Waals surface area contributed by atoms with E-state index >= 15 is 0 Å². The molecule has 0 aliphatic heterocycles. The monoisotopic (exact) mass is 463 g/mol. The van der Waals surface area contributed by atoms with Crippen LogP contribution in [0.1, 0.15) is 70.8 Å². The number of pyridine rings is 1. The van der Waals surface area contributed by atoms with Gasteiger partial charge >= 0.3 is 5.97 Å². The minimum absolute atomic E-state index is 0. The van der Waals surface area contributed by atoms with Crippen LogP contribution in [-0.4, -0.2) is 13.1 Å². The molecule has 5 heteroatoms. The van der Waals surface area contributed by atoms with Gasteiger partial charge in [-0.15, -0.1) is 0 Å². The molecular formula is C24H34BrNO3. The molecule has 0 aliphatic carbocycles. The molecule has 0 saturated heterocycles. The number of rotatable bonds is 13. The van der Waals surface area contributed by atoms with Crippen molar-refractivity contribution in [1.82, 2.24) is 0 Å². The molecule has 4 nitrogen and oxygen atoms in total. The van der Waals surface area contributed by atoms with Crippen LogP contribution in [0.25, 0.3) is 0 Å². The summed E-state index contributed by atoms with van der Waals surface area (Å²) in [7, 11) is 1.62. The summed E-state index contributed by atoms with van der Waals surface area (Å²) in [6.07, 6.45) is 14.7. The SMILES string of the molecule is CCCCCCCCCCC(C(=O)Oc1ccc(OC)cc1)[n+]1ccccc1.[Br-]. The Balaban J connectivity index is 0.00000420. The molecule has 0 saturated carbocycles. The van der Waals surface area contributed by atoms with Gasteiger partial charge in [0.15, 0.2) is 12.4 Å². The topological polar surface area (TPSA) is 39.4 Å². The Morgan fingerprint density at radius 1 is 0.862 bits per heavy atom. The maximum atomic E-state index is 12.8. The first-order chi connectivity index (χ1) is 13.7. The van der Waals surface area contributed by atoms with Gasteiger partial charge in [-0.05, 0) is 30.7 Å². The van der Waals surface area contributed by atoms with E-state index in [1.807, 2.05) is 35.2 Å². The summed E-state index contributed by atoms with van der Waals surface area (Å²) < 4.78 is 12.7. The molecule has 1 heterocycles. The lowest BCUT2D eigenvalue weighted by Gasteiger charge is -2.12. The van der Waals surface area contributed by atoms with Crippen LogP contribution in [0.2, 0.25) is 0 Å². The second-order valence-corrected chi connectivity index (χ2v) is 7.20. The van der Waals surface area contributed by atoms with E-state index < -0.39 is 0 Å². The molecule has 0 N–H and O–H groups in total. The summed E-state index contributed by atoms with van der Waals surface area (Å²) in [5.74, 6) is 1.07. The zero-order valence-electron chi connectivity index (χ0n) is 17.7. The van der Waals surface area contributed by atoms with Crippen LogP contribution in [-0.2, 0) is 4.79 Å². The van der Waals surface area contributed by atoms with E-state index in [-0.39, 0.29) is 29.0 Å². The molecule has 1 atom stereocenters. The molecule has 0 aliphatic rings. The second-order valence-electron chi connectivity index (χ2n) is 7.20. The molecule has 29 heavy (non-hydrogen) atoms. The van der Waals surface area contributed by atoms with Crippen LogP contribution in [0.3, 0.4) is 0 Å². The highest BCUT2D eigenvalue weighted by Crippen LogP contribution is 2.20. The fourth-order valence-corrected chi connectivity index (χ4v) is 3.31. The molecule has 0 fully saturated rings. The van der Waals surface area contributed by atoms with Gasteiger partial charge in [0, 0.05) is 18.6 Å². The van der Waals surface area contributed by atoms with Crippen LogP contribution in [0.5, 0.6) is 11.5 Å². The Hall–Kier alpha value is -1.88. The van der Waals surface area contributed by atoms with Gasteiger partial charge in [-0.2, -0.15) is 4.57 Å². The van der Waals surface area contributed by atoms with Crippen molar-refractivity contribution in [2.45, 2.75) is 70.8 Å². The fourth-order valence-electron chi connectivity index (χ4n) is 3.31. The van der Waals surface area contributed by atoms with E-state index in [0.717, 1.165) is 25.0 Å². The van der Waals surface area contributed by atoms with Crippen molar-refractivity contribution in [3.05, 3.63) is 54.9 Å². The predicted octanol–water partition coefficient (Wildman–Crippen LogP) is 2.66. The number of carbonyl (C=O) groups is 1. The summed E-state index contributed by atoms with van der Waals surface area (Å²) in [6, 6.07) is 12.7. The maximum Gasteiger partial charge on any atom is 0.381 e. The molecule has 0 bridgehead atoms. The zero-order valence-corrected chi connectivity index (χ0v) is 19.3. The lowest BCUT2D eigenvalue weighted by atomic mass is 10.0. The highest BCUT2D eigenvalue weighted by molar-refractivity contribution is 5.75. The van der Waals surface area contributed by atoms with Crippen molar-refractivity contribution in [3.8, 4) is 11.5 Å². The number of hydrogen-bond donors (Lipinski definition) is 0. The molecule has 2 aromatic rings. The predicted molar refractivity (Wildman–Crippen MR) is 112 cm³/mol. The normalized spacial score (nSPS) is 11.4. The second kappa shape index (κ2) is 15.0. The number of aromatic nitrogens is 1. The highest BCUT2D eigenvalue weighted by Gasteiger charge is 2.29. The summed E-state index contributed by atoms with van der Waals surface area (Å²) in [6.45, 7) is 2.24. The molecule has 0 radical (unpaired) electrons. The number of nitrogens with zero attached hydrogens (tertiary/aromatic N) is 1. The van der Waals surface area contributed by atoms with Crippen LogP contribution in [0, 0.1) is 0 Å². The van der Waals surface area contributed by atoms with Gasteiger partial charge in [-0.25, -0.2) is 4.79 Å². The van der Waals surface area contributed by atoms with Crippen molar-refractivity contribution in [2.24, 2.45) is 0 Å². The largest absolute Gasteiger partial charge is 1.00 e. The molecule has 160 valence electrons. The third-order valence-corrected chi connectivity index (χ3v) is 4.98. The number of halogens is 1. The first-order valence-corrected chi connectivity index (χ1v) is 10.6.